The van der Waals surface area contributed by atoms with Crippen LogP contribution in [-0.2, 0) is 9.59 Å². The molecule has 8 heteroatoms. The summed E-state index contributed by atoms with van der Waals surface area (Å²) in [6.07, 6.45) is 1.32. The van der Waals surface area contributed by atoms with Crippen molar-refractivity contribution in [2.24, 2.45) is 5.10 Å². The van der Waals surface area contributed by atoms with Crippen LogP contribution >= 0.6 is 31.9 Å². The van der Waals surface area contributed by atoms with E-state index in [0.717, 1.165) is 15.6 Å². The zero-order valence-corrected chi connectivity index (χ0v) is 19.4. The van der Waals surface area contributed by atoms with Crippen molar-refractivity contribution in [3.63, 3.8) is 0 Å². The number of hydrazone groups is 1. The molecular weight excluding hydrogens is 526 g/mol. The number of rotatable bonds is 7. The van der Waals surface area contributed by atoms with Crippen LogP contribution in [0.2, 0.25) is 0 Å². The van der Waals surface area contributed by atoms with Crippen molar-refractivity contribution in [3.8, 4) is 5.75 Å². The molecule has 0 saturated carbocycles. The highest BCUT2D eigenvalue weighted by molar-refractivity contribution is 9.11. The summed E-state index contributed by atoms with van der Waals surface area (Å²) in [7, 11) is 0. The summed E-state index contributed by atoms with van der Waals surface area (Å²) in [5.41, 5.74) is 4.43. The molecule has 31 heavy (non-hydrogen) atoms. The third-order valence-corrected chi connectivity index (χ3v) is 5.46. The maximum absolute atomic E-state index is 12.9. The van der Waals surface area contributed by atoms with Crippen LogP contribution in [0.1, 0.15) is 22.6 Å². The molecule has 0 aliphatic rings. The highest BCUT2D eigenvalue weighted by atomic mass is 79.9. The fourth-order valence-corrected chi connectivity index (χ4v) is 4.21. The first-order valence-corrected chi connectivity index (χ1v) is 10.9. The topological polar surface area (TPSA) is 90.8 Å². The van der Waals surface area contributed by atoms with Crippen molar-refractivity contribution < 1.29 is 14.7 Å². The Balaban J connectivity index is 1.63. The summed E-state index contributed by atoms with van der Waals surface area (Å²) in [5, 5.41) is 16.5. The van der Waals surface area contributed by atoms with Crippen molar-refractivity contribution >= 4 is 49.9 Å². The van der Waals surface area contributed by atoms with Gasteiger partial charge in [0.15, 0.2) is 0 Å². The summed E-state index contributed by atoms with van der Waals surface area (Å²) in [6, 6.07) is 22.1. The predicted octanol–water partition coefficient (Wildman–Crippen LogP) is 4.32. The molecule has 3 rings (SSSR count). The number of halogens is 2. The molecule has 0 aliphatic heterocycles. The molecule has 0 aliphatic carbocycles. The number of nitrogens with zero attached hydrogens (tertiary/aromatic N) is 1. The molecule has 6 nitrogen and oxygen atoms in total. The van der Waals surface area contributed by atoms with E-state index in [9.17, 15) is 14.7 Å². The molecule has 0 saturated heterocycles. The smallest absolute Gasteiger partial charge is 0.259 e. The van der Waals surface area contributed by atoms with Gasteiger partial charge in [-0.05, 0) is 39.2 Å². The van der Waals surface area contributed by atoms with Crippen molar-refractivity contribution in [3.05, 3.63) is 98.4 Å². The molecule has 0 bridgehead atoms. The molecule has 0 radical (unpaired) electrons. The van der Waals surface area contributed by atoms with Gasteiger partial charge >= 0.3 is 0 Å². The minimum absolute atomic E-state index is 0.00284. The van der Waals surface area contributed by atoms with Crippen LogP contribution in [0.15, 0.2) is 86.8 Å². The number of phenolic OH excluding ortho intramolecular Hbond substituents is 1. The fourth-order valence-electron chi connectivity index (χ4n) is 2.95. The van der Waals surface area contributed by atoms with Crippen molar-refractivity contribution in [1.29, 1.82) is 0 Å². The van der Waals surface area contributed by atoms with Gasteiger partial charge in [-0.25, -0.2) is 5.43 Å². The molecular formula is C23H19Br2N3O3. The molecule has 3 N–H and O–H groups in total. The second kappa shape index (κ2) is 10.9. The number of nitrogens with one attached hydrogen (secondary N) is 2. The summed E-state index contributed by atoms with van der Waals surface area (Å²) in [4.78, 5) is 25.0. The van der Waals surface area contributed by atoms with Gasteiger partial charge in [0.25, 0.3) is 5.91 Å². The van der Waals surface area contributed by atoms with Crippen LogP contribution in [0.4, 0.5) is 0 Å². The molecule has 3 aromatic rings. The third kappa shape index (κ3) is 6.26. The Morgan fingerprint density at radius 2 is 1.55 bits per heavy atom. The lowest BCUT2D eigenvalue weighted by Gasteiger charge is -2.17. The number of aromatic hydroxyl groups is 1. The summed E-state index contributed by atoms with van der Waals surface area (Å²) in [6.45, 7) is -0.236. The number of amides is 2. The van der Waals surface area contributed by atoms with Crippen LogP contribution in [0.25, 0.3) is 0 Å². The van der Waals surface area contributed by atoms with Crippen molar-refractivity contribution in [2.45, 2.75) is 5.92 Å². The van der Waals surface area contributed by atoms with Crippen molar-refractivity contribution in [1.82, 2.24) is 10.7 Å². The quantitative estimate of drug-likeness (QED) is 0.306. The first-order chi connectivity index (χ1) is 15.0. The zero-order chi connectivity index (χ0) is 22.2. The Hall–Kier alpha value is -2.97. The standard InChI is InChI=1S/C23H19Br2N3O3/c24-18-11-17(22(30)19(25)12-18)13-27-28-20(29)14-26-23(31)21(15-7-3-1-4-8-15)16-9-5-2-6-10-16/h1-13,21,30H,14H2,(H,26,31)(H,28,29). The average Bonchev–Trinajstić information content (AvgIpc) is 2.77. The zero-order valence-electron chi connectivity index (χ0n) is 16.3. The number of carbonyl (C=O) groups is 2. The van der Waals surface area contributed by atoms with E-state index in [-0.39, 0.29) is 18.2 Å². The van der Waals surface area contributed by atoms with E-state index in [1.54, 1.807) is 12.1 Å². The van der Waals surface area contributed by atoms with E-state index in [0.29, 0.717) is 10.0 Å². The second-order valence-electron chi connectivity index (χ2n) is 6.59. The summed E-state index contributed by atoms with van der Waals surface area (Å²) >= 11 is 6.56. The number of phenols is 1. The minimum Gasteiger partial charge on any atom is -0.506 e. The average molecular weight is 545 g/mol. The van der Waals surface area contributed by atoms with E-state index < -0.39 is 11.8 Å². The summed E-state index contributed by atoms with van der Waals surface area (Å²) < 4.78 is 1.24. The van der Waals surface area contributed by atoms with Gasteiger partial charge in [-0.3, -0.25) is 9.59 Å². The Morgan fingerprint density at radius 3 is 2.13 bits per heavy atom. The van der Waals surface area contributed by atoms with Gasteiger partial charge < -0.3 is 10.4 Å². The Morgan fingerprint density at radius 1 is 0.968 bits per heavy atom. The fraction of sp³-hybridized carbons (Fsp3) is 0.0870. The maximum Gasteiger partial charge on any atom is 0.259 e. The molecule has 0 heterocycles. The van der Waals surface area contributed by atoms with Gasteiger partial charge in [0.2, 0.25) is 5.91 Å². The largest absolute Gasteiger partial charge is 0.506 e. The van der Waals surface area contributed by atoms with Crippen molar-refractivity contribution in [2.75, 3.05) is 6.54 Å². The molecule has 158 valence electrons. The first-order valence-electron chi connectivity index (χ1n) is 9.33. The molecule has 0 fully saturated rings. The molecule has 0 atom stereocenters. The van der Waals surface area contributed by atoms with Crippen LogP contribution in [0.5, 0.6) is 5.75 Å². The first kappa shape index (κ1) is 22.7. The van der Waals surface area contributed by atoms with Crippen LogP contribution in [0.3, 0.4) is 0 Å². The van der Waals surface area contributed by atoms with E-state index in [1.165, 1.54) is 6.21 Å². The molecule has 0 spiro atoms. The van der Waals surface area contributed by atoms with Crippen LogP contribution < -0.4 is 10.7 Å². The van der Waals surface area contributed by atoms with Gasteiger partial charge in [-0.2, -0.15) is 5.10 Å². The highest BCUT2D eigenvalue weighted by Gasteiger charge is 2.22. The Kier molecular flexibility index (Phi) is 7.97. The highest BCUT2D eigenvalue weighted by Crippen LogP contribution is 2.30. The Bertz CT molecular complexity index is 1050. The van der Waals surface area contributed by atoms with E-state index in [1.807, 2.05) is 60.7 Å². The Labute approximate surface area is 196 Å². The van der Waals surface area contributed by atoms with E-state index in [4.69, 9.17) is 0 Å². The number of carbonyl (C=O) groups excluding carboxylic acids is 2. The number of hydrogen-bond acceptors (Lipinski definition) is 4. The second-order valence-corrected chi connectivity index (χ2v) is 8.36. The summed E-state index contributed by atoms with van der Waals surface area (Å²) in [5.74, 6) is -1.30. The lowest BCUT2D eigenvalue weighted by Crippen LogP contribution is -2.37. The van der Waals surface area contributed by atoms with Gasteiger partial charge in [-0.1, -0.05) is 76.6 Å². The van der Waals surface area contributed by atoms with Gasteiger partial charge in [-0.15, -0.1) is 0 Å². The van der Waals surface area contributed by atoms with Gasteiger partial charge in [0.05, 0.1) is 23.1 Å². The van der Waals surface area contributed by atoms with E-state index >= 15 is 0 Å². The molecule has 0 aromatic heterocycles. The minimum atomic E-state index is -0.533. The number of hydrogen-bond donors (Lipinski definition) is 3. The maximum atomic E-state index is 12.9. The third-order valence-electron chi connectivity index (χ3n) is 4.40. The molecule has 3 aromatic carbocycles. The van der Waals surface area contributed by atoms with Gasteiger partial charge in [0.1, 0.15) is 5.75 Å². The molecule has 2 amide bonds. The normalized spacial score (nSPS) is 10.9. The number of benzene rings is 3. The lowest BCUT2D eigenvalue weighted by atomic mass is 9.90. The van der Waals surface area contributed by atoms with Gasteiger partial charge in [0, 0.05) is 10.0 Å². The molecule has 0 unspecified atom stereocenters. The predicted molar refractivity (Wildman–Crippen MR) is 127 cm³/mol. The lowest BCUT2D eigenvalue weighted by molar-refractivity contribution is -0.126. The SMILES string of the molecule is O=C(CNC(=O)C(c1ccccc1)c1ccccc1)NN=Cc1cc(Br)cc(Br)c1O. The monoisotopic (exact) mass is 543 g/mol. The van der Waals surface area contributed by atoms with E-state index in [2.05, 4.69) is 47.7 Å². The van der Waals surface area contributed by atoms with Crippen LogP contribution in [-0.4, -0.2) is 29.7 Å². The van der Waals surface area contributed by atoms with Crippen LogP contribution in [0, 0.1) is 0 Å².